The number of rotatable bonds is 30. The van der Waals surface area contributed by atoms with Gasteiger partial charge in [0, 0.05) is 25.2 Å². The lowest BCUT2D eigenvalue weighted by atomic mass is 9.90. The second kappa shape index (κ2) is 26.0. The van der Waals surface area contributed by atoms with E-state index in [2.05, 4.69) is 41.7 Å². The minimum Gasteiger partial charge on any atom is -0.377 e. The Morgan fingerprint density at radius 2 is 1.12 bits per heavy atom. The van der Waals surface area contributed by atoms with Crippen molar-refractivity contribution >= 4 is 17.8 Å². The second-order valence-corrected chi connectivity index (χ2v) is 12.1. The molecule has 16 nitrogen and oxygen atoms in total. The Balaban J connectivity index is 1.22. The van der Waals surface area contributed by atoms with Crippen molar-refractivity contribution < 1.29 is 47.5 Å². The molecule has 0 unspecified atom stereocenters. The minimum absolute atomic E-state index is 0.0961. The van der Waals surface area contributed by atoms with Crippen LogP contribution in [0, 0.1) is 5.41 Å². The van der Waals surface area contributed by atoms with Crippen molar-refractivity contribution in [2.75, 3.05) is 106 Å². The molecule has 0 atom stereocenters. The molecule has 2 N–H and O–H groups in total. The van der Waals surface area contributed by atoms with Gasteiger partial charge in [-0.25, -0.2) is 9.48 Å². The molecular weight excluding hydrogens is 628 g/mol. The van der Waals surface area contributed by atoms with Crippen LogP contribution in [0.25, 0.3) is 0 Å². The number of hydrogen-bond acceptors (Lipinski definition) is 12. The lowest BCUT2D eigenvalue weighted by Gasteiger charge is -2.17. The Kier molecular flexibility index (Phi) is 22.3. The number of ether oxygens (including phenoxy) is 7. The summed E-state index contributed by atoms with van der Waals surface area (Å²) < 4.78 is 40.0. The van der Waals surface area contributed by atoms with Crippen molar-refractivity contribution in [2.45, 2.75) is 53.1 Å². The molecule has 1 aliphatic rings. The number of urea groups is 1. The van der Waals surface area contributed by atoms with Crippen molar-refractivity contribution in [3.63, 3.8) is 0 Å². The fourth-order valence-electron chi connectivity index (χ4n) is 4.13. The first-order valence-corrected chi connectivity index (χ1v) is 16.7. The van der Waals surface area contributed by atoms with Gasteiger partial charge in [0.05, 0.1) is 112 Å². The van der Waals surface area contributed by atoms with Crippen molar-refractivity contribution in [1.82, 2.24) is 30.5 Å². The maximum absolute atomic E-state index is 11.7. The first-order chi connectivity index (χ1) is 23.2. The van der Waals surface area contributed by atoms with E-state index in [9.17, 15) is 14.4 Å². The van der Waals surface area contributed by atoms with Gasteiger partial charge in [-0.2, -0.15) is 0 Å². The Morgan fingerprint density at radius 3 is 1.62 bits per heavy atom. The molecule has 0 bridgehead atoms. The standard InChI is InChI=1S/C32H56N6O10/c1-32(2,3)8-4-5-9-33-31(41)34-10-12-42-14-16-44-18-20-46-22-24-48-25-23-47-21-19-45-17-15-43-13-11-37-26-28(35-36-37)27-38-29(39)6-7-30(38)40/h6-7,26H,4-5,8-25,27H2,1-3H3,(H2,33,34,41). The molecule has 0 aliphatic carbocycles. The van der Waals surface area contributed by atoms with Gasteiger partial charge >= 0.3 is 6.03 Å². The quantitative estimate of drug-likeness (QED) is 0.0881. The van der Waals surface area contributed by atoms with E-state index in [-0.39, 0.29) is 24.4 Å². The van der Waals surface area contributed by atoms with E-state index >= 15 is 0 Å². The molecule has 2 heterocycles. The summed E-state index contributed by atoms with van der Waals surface area (Å²) >= 11 is 0. The van der Waals surface area contributed by atoms with E-state index in [1.807, 2.05) is 0 Å². The van der Waals surface area contributed by atoms with Crippen LogP contribution in [0.4, 0.5) is 4.79 Å². The van der Waals surface area contributed by atoms with Gasteiger partial charge in [-0.1, -0.05) is 32.4 Å². The van der Waals surface area contributed by atoms with Crippen molar-refractivity contribution in [2.24, 2.45) is 5.41 Å². The first-order valence-electron chi connectivity index (χ1n) is 16.7. The van der Waals surface area contributed by atoms with Gasteiger partial charge in [0.2, 0.25) is 0 Å². The topological polar surface area (TPSA) is 174 Å². The van der Waals surface area contributed by atoms with Crippen LogP contribution < -0.4 is 10.6 Å². The van der Waals surface area contributed by atoms with E-state index < -0.39 is 0 Å². The summed E-state index contributed by atoms with van der Waals surface area (Å²) in [4.78, 5) is 36.1. The van der Waals surface area contributed by atoms with Gasteiger partial charge in [0.1, 0.15) is 5.69 Å². The van der Waals surface area contributed by atoms with Crippen LogP contribution in [0.15, 0.2) is 18.3 Å². The monoisotopic (exact) mass is 684 g/mol. The van der Waals surface area contributed by atoms with Gasteiger partial charge in [-0.15, -0.1) is 5.10 Å². The van der Waals surface area contributed by atoms with Gasteiger partial charge < -0.3 is 43.8 Å². The Morgan fingerprint density at radius 1 is 0.667 bits per heavy atom. The fourth-order valence-corrected chi connectivity index (χ4v) is 4.13. The largest absolute Gasteiger partial charge is 0.377 e. The number of aromatic nitrogens is 3. The van der Waals surface area contributed by atoms with Crippen LogP contribution in [-0.2, 0) is 55.8 Å². The average molecular weight is 685 g/mol. The van der Waals surface area contributed by atoms with Crippen molar-refractivity contribution in [3.8, 4) is 0 Å². The molecule has 0 fully saturated rings. The molecule has 4 amide bonds. The highest BCUT2D eigenvalue weighted by Crippen LogP contribution is 2.21. The molecule has 0 saturated heterocycles. The molecule has 0 spiro atoms. The van der Waals surface area contributed by atoms with E-state index in [4.69, 9.17) is 33.2 Å². The van der Waals surface area contributed by atoms with Crippen LogP contribution in [0.2, 0.25) is 0 Å². The normalized spacial score (nSPS) is 13.2. The molecule has 1 aliphatic heterocycles. The molecule has 0 radical (unpaired) electrons. The number of imide groups is 1. The minimum atomic E-state index is -0.349. The average Bonchev–Trinajstić information content (AvgIpc) is 3.63. The maximum atomic E-state index is 11.7. The number of hydrogen-bond donors (Lipinski definition) is 2. The summed E-state index contributed by atoms with van der Waals surface area (Å²) in [5, 5.41) is 13.6. The number of nitrogens with zero attached hydrogens (tertiary/aromatic N) is 4. The summed E-state index contributed by atoms with van der Waals surface area (Å²) in [7, 11) is 0. The zero-order valence-electron chi connectivity index (χ0n) is 29.0. The summed E-state index contributed by atoms with van der Waals surface area (Å²) in [6.45, 7) is 14.8. The molecular formula is C32H56N6O10. The SMILES string of the molecule is CC(C)(C)CCCCNC(=O)NCCOCCOCCOCCOCCOCCOCCOCCn1cc(CN2C(=O)C=CC2=O)nn1. The molecule has 2 rings (SSSR count). The summed E-state index contributed by atoms with van der Waals surface area (Å²) in [6.07, 6.45) is 7.40. The van der Waals surface area contributed by atoms with Crippen molar-refractivity contribution in [3.05, 3.63) is 24.0 Å². The van der Waals surface area contributed by atoms with E-state index in [0.29, 0.717) is 123 Å². The molecule has 1 aromatic heterocycles. The fraction of sp³-hybridized carbons (Fsp3) is 0.781. The van der Waals surface area contributed by atoms with Gasteiger partial charge in [-0.3, -0.25) is 14.5 Å². The second-order valence-electron chi connectivity index (χ2n) is 12.1. The Labute approximate surface area is 284 Å². The number of unbranched alkanes of at least 4 members (excludes halogenated alkanes) is 1. The molecule has 1 aromatic rings. The van der Waals surface area contributed by atoms with Crippen LogP contribution in [0.1, 0.15) is 45.7 Å². The third-order valence-corrected chi connectivity index (χ3v) is 6.67. The van der Waals surface area contributed by atoms with E-state index in [1.54, 1.807) is 10.9 Å². The van der Waals surface area contributed by atoms with E-state index in [1.165, 1.54) is 12.2 Å². The maximum Gasteiger partial charge on any atom is 0.314 e. The third kappa shape index (κ3) is 21.8. The summed E-state index contributed by atoms with van der Waals surface area (Å²) in [6, 6.07) is -0.160. The zero-order valence-corrected chi connectivity index (χ0v) is 29.0. The number of carbonyl (C=O) groups excluding carboxylic acids is 3. The molecule has 48 heavy (non-hydrogen) atoms. The van der Waals surface area contributed by atoms with Crippen LogP contribution >= 0.6 is 0 Å². The Bertz CT molecular complexity index is 1030. The van der Waals surface area contributed by atoms with Gasteiger partial charge in [0.25, 0.3) is 11.8 Å². The lowest BCUT2D eigenvalue weighted by molar-refractivity contribution is -0.137. The van der Waals surface area contributed by atoms with Crippen molar-refractivity contribution in [1.29, 1.82) is 0 Å². The molecule has 16 heteroatoms. The Hall–Kier alpha value is -2.99. The highest BCUT2D eigenvalue weighted by atomic mass is 16.6. The molecule has 274 valence electrons. The number of nitrogens with one attached hydrogen (secondary N) is 2. The van der Waals surface area contributed by atoms with Crippen LogP contribution in [-0.4, -0.2) is 143 Å². The van der Waals surface area contributed by atoms with Crippen LogP contribution in [0.3, 0.4) is 0 Å². The predicted molar refractivity (Wildman–Crippen MR) is 175 cm³/mol. The number of amides is 4. The van der Waals surface area contributed by atoms with Crippen LogP contribution in [0.5, 0.6) is 0 Å². The highest BCUT2D eigenvalue weighted by molar-refractivity contribution is 6.12. The number of carbonyl (C=O) groups is 3. The third-order valence-electron chi connectivity index (χ3n) is 6.67. The lowest BCUT2D eigenvalue weighted by Crippen LogP contribution is -2.37. The predicted octanol–water partition coefficient (Wildman–Crippen LogP) is 1.33. The highest BCUT2D eigenvalue weighted by Gasteiger charge is 2.24. The molecule has 0 saturated carbocycles. The summed E-state index contributed by atoms with van der Waals surface area (Å²) in [5.74, 6) is -0.699. The van der Waals surface area contributed by atoms with Gasteiger partial charge in [-0.05, 0) is 18.3 Å². The smallest absolute Gasteiger partial charge is 0.314 e. The van der Waals surface area contributed by atoms with E-state index in [0.717, 1.165) is 24.2 Å². The molecule has 0 aromatic carbocycles. The zero-order chi connectivity index (χ0) is 34.7. The van der Waals surface area contributed by atoms with Gasteiger partial charge in [0.15, 0.2) is 0 Å². The first kappa shape index (κ1) is 41.2. The summed E-state index contributed by atoms with van der Waals surface area (Å²) in [5.41, 5.74) is 0.866.